The highest BCUT2D eigenvalue weighted by atomic mass is 79.9. The second kappa shape index (κ2) is 5.53. The van der Waals surface area contributed by atoms with Gasteiger partial charge in [0.1, 0.15) is 5.54 Å². The molecule has 1 aromatic rings. The van der Waals surface area contributed by atoms with Gasteiger partial charge >= 0.3 is 6.03 Å². The molecule has 112 valence electrons. The Morgan fingerprint density at radius 1 is 1.48 bits per heavy atom. The van der Waals surface area contributed by atoms with Gasteiger partial charge in [-0.25, -0.2) is 4.79 Å². The number of hydrogen-bond acceptors (Lipinski definition) is 4. The van der Waals surface area contributed by atoms with Gasteiger partial charge < -0.3 is 5.32 Å². The minimum Gasteiger partial charge on any atom is -0.321 e. The van der Waals surface area contributed by atoms with Crippen molar-refractivity contribution in [2.45, 2.75) is 38.1 Å². The van der Waals surface area contributed by atoms with Gasteiger partial charge in [0.25, 0.3) is 5.91 Å². The molecule has 3 amide bonds. The maximum Gasteiger partial charge on any atom is 0.346 e. The number of hydrazone groups is 1. The summed E-state index contributed by atoms with van der Waals surface area (Å²) in [5.41, 5.74) is -0.725. The van der Waals surface area contributed by atoms with Gasteiger partial charge in [-0.3, -0.25) is 4.79 Å². The number of amides is 3. The molecule has 0 aromatic carbocycles. The summed E-state index contributed by atoms with van der Waals surface area (Å²) in [7, 11) is 0. The fourth-order valence-corrected chi connectivity index (χ4v) is 4.11. The SMILES string of the molecule is CC1CCC2(CC1)NC(=O)N(/N=C/c1cc(Br)cs1)C2=O. The van der Waals surface area contributed by atoms with Crippen molar-refractivity contribution in [3.63, 3.8) is 0 Å². The first-order valence-electron chi connectivity index (χ1n) is 6.95. The molecular formula is C14H16BrN3O2S. The first-order chi connectivity index (χ1) is 10.00. The van der Waals surface area contributed by atoms with E-state index in [9.17, 15) is 9.59 Å². The molecule has 2 fully saturated rings. The molecule has 1 aliphatic carbocycles. The number of hydrogen-bond donors (Lipinski definition) is 1. The van der Waals surface area contributed by atoms with Crippen LogP contribution in [0.1, 0.15) is 37.5 Å². The lowest BCUT2D eigenvalue weighted by molar-refractivity contribution is -0.132. The summed E-state index contributed by atoms with van der Waals surface area (Å²) in [6.07, 6.45) is 4.88. The fraction of sp³-hybridized carbons (Fsp3) is 0.500. The molecule has 0 unspecified atom stereocenters. The summed E-state index contributed by atoms with van der Waals surface area (Å²) >= 11 is 4.86. The zero-order valence-corrected chi connectivity index (χ0v) is 14.0. The lowest BCUT2D eigenvalue weighted by atomic mass is 9.77. The monoisotopic (exact) mass is 369 g/mol. The van der Waals surface area contributed by atoms with Gasteiger partial charge in [0.05, 0.1) is 6.21 Å². The first kappa shape index (κ1) is 14.7. The molecule has 5 nitrogen and oxygen atoms in total. The van der Waals surface area contributed by atoms with Crippen molar-refractivity contribution in [2.75, 3.05) is 0 Å². The number of rotatable bonds is 2. The Labute approximate surface area is 135 Å². The van der Waals surface area contributed by atoms with Crippen LogP contribution in [0.25, 0.3) is 0 Å². The van der Waals surface area contributed by atoms with Gasteiger partial charge in [-0.2, -0.15) is 5.10 Å². The molecule has 1 N–H and O–H groups in total. The average molecular weight is 370 g/mol. The Morgan fingerprint density at radius 2 is 2.19 bits per heavy atom. The summed E-state index contributed by atoms with van der Waals surface area (Å²) < 4.78 is 0.962. The maximum absolute atomic E-state index is 12.5. The van der Waals surface area contributed by atoms with E-state index in [1.54, 1.807) is 6.21 Å². The highest BCUT2D eigenvalue weighted by molar-refractivity contribution is 9.10. The van der Waals surface area contributed by atoms with E-state index in [0.29, 0.717) is 18.8 Å². The summed E-state index contributed by atoms with van der Waals surface area (Å²) in [5.74, 6) is 0.396. The van der Waals surface area contributed by atoms with E-state index in [-0.39, 0.29) is 5.91 Å². The molecule has 1 saturated heterocycles. The third kappa shape index (κ3) is 2.76. The molecule has 3 rings (SSSR count). The molecule has 7 heteroatoms. The molecule has 21 heavy (non-hydrogen) atoms. The summed E-state index contributed by atoms with van der Waals surface area (Å²) in [6, 6.07) is 1.48. The topological polar surface area (TPSA) is 61.8 Å². The quantitative estimate of drug-likeness (QED) is 0.641. The fourth-order valence-electron chi connectivity index (χ4n) is 2.82. The van der Waals surface area contributed by atoms with Crippen molar-refractivity contribution in [2.24, 2.45) is 11.0 Å². The van der Waals surface area contributed by atoms with Gasteiger partial charge in [0.2, 0.25) is 0 Å². The Balaban J connectivity index is 1.76. The van der Waals surface area contributed by atoms with Crippen molar-refractivity contribution in [1.82, 2.24) is 10.3 Å². The molecule has 1 aromatic heterocycles. The largest absolute Gasteiger partial charge is 0.346 e. The minimum atomic E-state index is -0.725. The number of carbonyl (C=O) groups is 2. The molecule has 0 bridgehead atoms. The summed E-state index contributed by atoms with van der Waals surface area (Å²) in [5, 5.41) is 9.83. The minimum absolute atomic E-state index is 0.216. The smallest absolute Gasteiger partial charge is 0.321 e. The van der Waals surface area contributed by atoms with Crippen LogP contribution in [0, 0.1) is 5.92 Å². The van der Waals surface area contributed by atoms with E-state index in [1.807, 2.05) is 11.4 Å². The van der Waals surface area contributed by atoms with Gasteiger partial charge in [0, 0.05) is 14.7 Å². The first-order valence-corrected chi connectivity index (χ1v) is 8.62. The van der Waals surface area contributed by atoms with Crippen LogP contribution in [-0.4, -0.2) is 28.7 Å². The van der Waals surface area contributed by atoms with Crippen LogP contribution in [0.2, 0.25) is 0 Å². The Bertz CT molecular complexity index is 605. The van der Waals surface area contributed by atoms with E-state index in [2.05, 4.69) is 33.3 Å². The van der Waals surface area contributed by atoms with E-state index in [0.717, 1.165) is 27.2 Å². The Morgan fingerprint density at radius 3 is 2.81 bits per heavy atom. The standard InChI is InChI=1S/C14H16BrN3O2S/c1-9-2-4-14(5-3-9)12(19)18(13(20)17-14)16-7-11-6-10(15)8-21-11/h6-9H,2-5H2,1H3,(H,17,20)/b16-7+. The predicted octanol–water partition coefficient (Wildman–Crippen LogP) is 3.35. The zero-order valence-electron chi connectivity index (χ0n) is 11.6. The van der Waals surface area contributed by atoms with Crippen LogP contribution in [0.3, 0.4) is 0 Å². The molecule has 0 radical (unpaired) electrons. The average Bonchev–Trinajstić information content (AvgIpc) is 2.96. The second-order valence-corrected chi connectivity index (χ2v) is 7.58. The molecule has 0 atom stereocenters. The lowest BCUT2D eigenvalue weighted by Crippen LogP contribution is -2.49. The number of carbonyl (C=O) groups excluding carboxylic acids is 2. The summed E-state index contributed by atoms with van der Waals surface area (Å²) in [4.78, 5) is 25.5. The second-order valence-electron chi connectivity index (χ2n) is 5.72. The van der Waals surface area contributed by atoms with Crippen LogP contribution >= 0.6 is 27.3 Å². The van der Waals surface area contributed by atoms with E-state index < -0.39 is 11.6 Å². The number of thiophene rings is 1. The highest BCUT2D eigenvalue weighted by Crippen LogP contribution is 2.36. The van der Waals surface area contributed by atoms with Crippen LogP contribution < -0.4 is 5.32 Å². The van der Waals surface area contributed by atoms with Crippen molar-refractivity contribution >= 4 is 45.4 Å². The molecule has 1 aliphatic heterocycles. The van der Waals surface area contributed by atoms with E-state index in [1.165, 1.54) is 11.3 Å². The normalized spacial score (nSPS) is 29.6. The third-order valence-corrected chi connectivity index (χ3v) is 5.78. The maximum atomic E-state index is 12.5. The van der Waals surface area contributed by atoms with Gasteiger partial charge in [-0.15, -0.1) is 16.3 Å². The van der Waals surface area contributed by atoms with Crippen molar-refractivity contribution in [3.8, 4) is 0 Å². The van der Waals surface area contributed by atoms with Crippen molar-refractivity contribution in [3.05, 3.63) is 20.8 Å². The van der Waals surface area contributed by atoms with E-state index in [4.69, 9.17) is 0 Å². The highest BCUT2D eigenvalue weighted by Gasteiger charge is 2.52. The molecule has 2 aliphatic rings. The van der Waals surface area contributed by atoms with Gasteiger partial charge in [0.15, 0.2) is 0 Å². The summed E-state index contributed by atoms with van der Waals surface area (Å²) in [6.45, 7) is 2.18. The Hall–Kier alpha value is -1.21. The van der Waals surface area contributed by atoms with Crippen LogP contribution in [-0.2, 0) is 4.79 Å². The van der Waals surface area contributed by atoms with Crippen molar-refractivity contribution < 1.29 is 9.59 Å². The molecule has 2 heterocycles. The molecular weight excluding hydrogens is 354 g/mol. The van der Waals surface area contributed by atoms with Crippen LogP contribution in [0.5, 0.6) is 0 Å². The van der Waals surface area contributed by atoms with Crippen molar-refractivity contribution in [1.29, 1.82) is 0 Å². The number of imide groups is 1. The number of nitrogens with zero attached hydrogens (tertiary/aromatic N) is 2. The van der Waals surface area contributed by atoms with E-state index >= 15 is 0 Å². The third-order valence-electron chi connectivity index (χ3n) is 4.16. The lowest BCUT2D eigenvalue weighted by Gasteiger charge is -2.33. The number of urea groups is 1. The molecule has 1 spiro atoms. The Kier molecular flexibility index (Phi) is 3.88. The van der Waals surface area contributed by atoms with Crippen LogP contribution in [0.15, 0.2) is 21.0 Å². The van der Waals surface area contributed by atoms with Gasteiger partial charge in [-0.05, 0) is 53.6 Å². The predicted molar refractivity (Wildman–Crippen MR) is 85.4 cm³/mol. The van der Waals surface area contributed by atoms with Crippen LogP contribution in [0.4, 0.5) is 4.79 Å². The number of halogens is 1. The molecule has 1 saturated carbocycles. The van der Waals surface area contributed by atoms with Gasteiger partial charge in [-0.1, -0.05) is 6.92 Å². The number of nitrogens with one attached hydrogen (secondary N) is 1. The zero-order chi connectivity index (χ0) is 15.0.